The predicted octanol–water partition coefficient (Wildman–Crippen LogP) is 1.37. The van der Waals surface area contributed by atoms with Gasteiger partial charge in [0.25, 0.3) is 0 Å². The van der Waals surface area contributed by atoms with Gasteiger partial charge in [0.15, 0.2) is 0 Å². The van der Waals surface area contributed by atoms with E-state index < -0.39 is 0 Å². The molecule has 1 aromatic rings. The van der Waals surface area contributed by atoms with Crippen molar-refractivity contribution in [3.8, 4) is 0 Å². The third kappa shape index (κ3) is 5.00. The van der Waals surface area contributed by atoms with Crippen LogP contribution in [0.5, 0.6) is 0 Å². The first-order chi connectivity index (χ1) is 10.6. The maximum Gasteiger partial charge on any atom is 0.315 e. The zero-order valence-corrected chi connectivity index (χ0v) is 13.9. The molecule has 5 heteroatoms. The van der Waals surface area contributed by atoms with E-state index in [4.69, 9.17) is 0 Å². The van der Waals surface area contributed by atoms with Crippen LogP contribution < -0.4 is 10.6 Å². The van der Waals surface area contributed by atoms with Crippen molar-refractivity contribution in [2.24, 2.45) is 5.92 Å². The molecule has 1 aromatic carbocycles. The molecule has 0 bridgehead atoms. The van der Waals surface area contributed by atoms with Crippen LogP contribution in [0.4, 0.5) is 4.79 Å². The molecule has 0 spiro atoms. The quantitative estimate of drug-likeness (QED) is 0.834. The van der Waals surface area contributed by atoms with E-state index in [-0.39, 0.29) is 12.1 Å². The van der Waals surface area contributed by atoms with E-state index in [1.807, 2.05) is 13.0 Å². The van der Waals surface area contributed by atoms with Gasteiger partial charge >= 0.3 is 6.03 Å². The largest absolute Gasteiger partial charge is 0.338 e. The molecule has 0 unspecified atom stereocenters. The molecule has 0 saturated carbocycles. The predicted molar refractivity (Wildman–Crippen MR) is 89.8 cm³/mol. The topological polar surface area (TPSA) is 47.6 Å². The van der Waals surface area contributed by atoms with Crippen LogP contribution >= 0.6 is 0 Å². The zero-order chi connectivity index (χ0) is 15.9. The molecule has 2 atom stereocenters. The molecule has 1 aliphatic rings. The second-order valence-corrected chi connectivity index (χ2v) is 6.31. The second-order valence-electron chi connectivity index (χ2n) is 6.31. The molecule has 1 aliphatic heterocycles. The number of nitrogens with one attached hydrogen (secondary N) is 2. The van der Waals surface area contributed by atoms with Gasteiger partial charge in [0.1, 0.15) is 0 Å². The van der Waals surface area contributed by atoms with Crippen molar-refractivity contribution in [3.05, 3.63) is 35.9 Å². The minimum absolute atomic E-state index is 0.0576. The molecule has 2 N–H and O–H groups in total. The Morgan fingerprint density at radius 3 is 2.64 bits per heavy atom. The van der Waals surface area contributed by atoms with Crippen molar-refractivity contribution in [1.29, 1.82) is 0 Å². The van der Waals surface area contributed by atoms with Gasteiger partial charge in [-0.15, -0.1) is 0 Å². The number of urea groups is 1. The number of rotatable bonds is 6. The highest BCUT2D eigenvalue weighted by Crippen LogP contribution is 2.20. The van der Waals surface area contributed by atoms with Crippen LogP contribution in [0, 0.1) is 5.92 Å². The number of nitrogens with zero attached hydrogens (tertiary/aromatic N) is 2. The summed E-state index contributed by atoms with van der Waals surface area (Å²) in [5, 5.41) is 5.96. The van der Waals surface area contributed by atoms with E-state index in [0.29, 0.717) is 12.5 Å². The van der Waals surface area contributed by atoms with Crippen LogP contribution in [0.1, 0.15) is 12.5 Å². The summed E-state index contributed by atoms with van der Waals surface area (Å²) in [6.45, 7) is 6.45. The number of carbonyl (C=O) groups excluding carboxylic acids is 1. The molecule has 1 fully saturated rings. The standard InChI is InChI=1S/C17H28N4O/c1-4-18-17(22)19-16-13-21(12-15(16)11-20(2)3)10-14-8-6-5-7-9-14/h5-9,15-16H,4,10-13H2,1-3H3,(H2,18,19,22)/t15-,16-/m1/s1. The number of hydrogen-bond donors (Lipinski definition) is 2. The lowest BCUT2D eigenvalue weighted by Crippen LogP contribution is -2.47. The molecule has 1 saturated heterocycles. The van der Waals surface area contributed by atoms with Gasteiger partial charge in [-0.05, 0) is 26.6 Å². The number of benzene rings is 1. The maximum atomic E-state index is 11.8. The summed E-state index contributed by atoms with van der Waals surface area (Å²) in [6.07, 6.45) is 0. The first-order valence-electron chi connectivity index (χ1n) is 8.04. The van der Waals surface area contributed by atoms with Crippen LogP contribution in [0.25, 0.3) is 0 Å². The third-order valence-electron chi connectivity index (χ3n) is 4.02. The highest BCUT2D eigenvalue weighted by Gasteiger charge is 2.33. The van der Waals surface area contributed by atoms with Crippen LogP contribution in [0.15, 0.2) is 30.3 Å². The van der Waals surface area contributed by atoms with Gasteiger partial charge in [0.05, 0.1) is 0 Å². The third-order valence-corrected chi connectivity index (χ3v) is 4.02. The Bertz CT molecular complexity index is 463. The maximum absolute atomic E-state index is 11.8. The van der Waals surface area contributed by atoms with Gasteiger partial charge < -0.3 is 15.5 Å². The molecule has 2 amide bonds. The summed E-state index contributed by atoms with van der Waals surface area (Å²) < 4.78 is 0. The number of hydrogen-bond acceptors (Lipinski definition) is 3. The van der Waals surface area contributed by atoms with Gasteiger partial charge in [-0.25, -0.2) is 4.79 Å². The van der Waals surface area contributed by atoms with Gasteiger partial charge in [0.2, 0.25) is 0 Å². The first kappa shape index (κ1) is 16.8. The van der Waals surface area contributed by atoms with Crippen molar-refractivity contribution in [2.45, 2.75) is 19.5 Å². The summed E-state index contributed by atoms with van der Waals surface area (Å²) in [4.78, 5) is 16.5. The van der Waals surface area contributed by atoms with Crippen molar-refractivity contribution in [3.63, 3.8) is 0 Å². The Kier molecular flexibility index (Phi) is 6.21. The lowest BCUT2D eigenvalue weighted by molar-refractivity contribution is 0.231. The van der Waals surface area contributed by atoms with Crippen LogP contribution in [0.3, 0.4) is 0 Å². The van der Waals surface area contributed by atoms with Gasteiger partial charge in [-0.2, -0.15) is 0 Å². The summed E-state index contributed by atoms with van der Waals surface area (Å²) in [5.41, 5.74) is 1.32. The SMILES string of the molecule is CCNC(=O)N[C@@H]1CN(Cc2ccccc2)C[C@H]1CN(C)C. The Morgan fingerprint density at radius 2 is 2.00 bits per heavy atom. The molecular formula is C17H28N4O. The summed E-state index contributed by atoms with van der Waals surface area (Å²) in [6, 6.07) is 10.7. The smallest absolute Gasteiger partial charge is 0.315 e. The van der Waals surface area contributed by atoms with Crippen molar-refractivity contribution < 1.29 is 4.79 Å². The Labute approximate surface area is 133 Å². The average molecular weight is 304 g/mol. The van der Waals surface area contributed by atoms with E-state index in [0.717, 1.165) is 26.2 Å². The normalized spacial score (nSPS) is 22.0. The fourth-order valence-electron chi connectivity index (χ4n) is 3.13. The fraction of sp³-hybridized carbons (Fsp3) is 0.588. The van der Waals surface area contributed by atoms with E-state index in [1.165, 1.54) is 5.56 Å². The second kappa shape index (κ2) is 8.15. The van der Waals surface area contributed by atoms with E-state index >= 15 is 0 Å². The van der Waals surface area contributed by atoms with Crippen molar-refractivity contribution >= 4 is 6.03 Å². The van der Waals surface area contributed by atoms with E-state index in [9.17, 15) is 4.79 Å². The van der Waals surface area contributed by atoms with Crippen molar-refractivity contribution in [1.82, 2.24) is 20.4 Å². The molecule has 1 heterocycles. The van der Waals surface area contributed by atoms with Crippen LogP contribution in [0.2, 0.25) is 0 Å². The summed E-state index contributed by atoms with van der Waals surface area (Å²) in [5.74, 6) is 0.460. The number of amides is 2. The molecule has 122 valence electrons. The summed E-state index contributed by atoms with van der Waals surface area (Å²) in [7, 11) is 4.17. The summed E-state index contributed by atoms with van der Waals surface area (Å²) >= 11 is 0. The minimum Gasteiger partial charge on any atom is -0.338 e. The highest BCUT2D eigenvalue weighted by atomic mass is 16.2. The van der Waals surface area contributed by atoms with Gasteiger partial charge in [0, 0.05) is 44.7 Å². The Balaban J connectivity index is 1.96. The van der Waals surface area contributed by atoms with E-state index in [1.54, 1.807) is 0 Å². The molecule has 0 aromatic heterocycles. The molecular weight excluding hydrogens is 276 g/mol. The molecule has 22 heavy (non-hydrogen) atoms. The highest BCUT2D eigenvalue weighted by molar-refractivity contribution is 5.74. The van der Waals surface area contributed by atoms with Gasteiger partial charge in [-0.3, -0.25) is 4.90 Å². The lowest BCUT2D eigenvalue weighted by atomic mass is 10.0. The van der Waals surface area contributed by atoms with Crippen LogP contribution in [-0.2, 0) is 6.54 Å². The first-order valence-corrected chi connectivity index (χ1v) is 8.04. The van der Waals surface area contributed by atoms with E-state index in [2.05, 4.69) is 58.8 Å². The fourth-order valence-corrected chi connectivity index (χ4v) is 3.13. The molecule has 0 radical (unpaired) electrons. The van der Waals surface area contributed by atoms with Crippen LogP contribution in [-0.4, -0.2) is 62.1 Å². The number of carbonyl (C=O) groups is 1. The number of likely N-dealkylation sites (tertiary alicyclic amines) is 1. The monoisotopic (exact) mass is 304 g/mol. The zero-order valence-electron chi connectivity index (χ0n) is 13.9. The van der Waals surface area contributed by atoms with Gasteiger partial charge in [-0.1, -0.05) is 30.3 Å². The molecule has 5 nitrogen and oxygen atoms in total. The molecule has 0 aliphatic carbocycles. The van der Waals surface area contributed by atoms with Crippen molar-refractivity contribution in [2.75, 3.05) is 40.3 Å². The minimum atomic E-state index is -0.0576. The molecule has 2 rings (SSSR count). The Morgan fingerprint density at radius 1 is 1.27 bits per heavy atom. The lowest BCUT2D eigenvalue weighted by Gasteiger charge is -2.22. The average Bonchev–Trinajstić information content (AvgIpc) is 2.81. The Hall–Kier alpha value is -1.59.